The summed E-state index contributed by atoms with van der Waals surface area (Å²) >= 11 is 0. The van der Waals surface area contributed by atoms with Crippen molar-refractivity contribution in [2.75, 3.05) is 26.2 Å². The summed E-state index contributed by atoms with van der Waals surface area (Å²) < 4.78 is 2.24. The molecule has 2 saturated heterocycles. The molecule has 3 heterocycles. The van der Waals surface area contributed by atoms with Gasteiger partial charge in [-0.1, -0.05) is 19.3 Å². The fourth-order valence-corrected chi connectivity index (χ4v) is 4.32. The minimum Gasteiger partial charge on any atom is -0.316 e. The van der Waals surface area contributed by atoms with Crippen LogP contribution in [0, 0.1) is 11.8 Å². The van der Waals surface area contributed by atoms with Crippen molar-refractivity contribution >= 4 is 0 Å². The van der Waals surface area contributed by atoms with Gasteiger partial charge >= 0.3 is 0 Å². The van der Waals surface area contributed by atoms with Crippen LogP contribution < -0.4 is 5.32 Å². The van der Waals surface area contributed by atoms with Crippen LogP contribution in [0.1, 0.15) is 43.8 Å². The van der Waals surface area contributed by atoms with Crippen molar-refractivity contribution in [3.63, 3.8) is 0 Å². The van der Waals surface area contributed by atoms with Gasteiger partial charge in [-0.15, -0.1) is 0 Å². The van der Waals surface area contributed by atoms with Crippen molar-refractivity contribution in [3.05, 3.63) is 18.0 Å². The van der Waals surface area contributed by atoms with Gasteiger partial charge in [-0.2, -0.15) is 5.10 Å². The fraction of sp³-hybridized carbons (Fsp3) is 0.812. The minimum atomic E-state index is 0.666. The van der Waals surface area contributed by atoms with E-state index in [9.17, 15) is 0 Å². The van der Waals surface area contributed by atoms with Gasteiger partial charge in [0.1, 0.15) is 0 Å². The molecule has 1 saturated carbocycles. The molecule has 0 radical (unpaired) electrons. The van der Waals surface area contributed by atoms with Gasteiger partial charge in [-0.3, -0.25) is 9.58 Å². The Morgan fingerprint density at radius 2 is 1.85 bits per heavy atom. The Balaban J connectivity index is 1.36. The Kier molecular flexibility index (Phi) is 3.52. The van der Waals surface area contributed by atoms with Gasteiger partial charge in [-0.05, 0) is 43.8 Å². The second-order valence-corrected chi connectivity index (χ2v) is 6.95. The van der Waals surface area contributed by atoms with E-state index in [4.69, 9.17) is 5.10 Å². The monoisotopic (exact) mass is 274 g/mol. The predicted octanol–water partition coefficient (Wildman–Crippen LogP) is 2.04. The molecule has 0 aromatic carbocycles. The highest BCUT2D eigenvalue weighted by molar-refractivity contribution is 5.02. The summed E-state index contributed by atoms with van der Waals surface area (Å²) in [4.78, 5) is 2.60. The average Bonchev–Trinajstić information content (AvgIpc) is 3.16. The van der Waals surface area contributed by atoms with Crippen LogP contribution in [-0.2, 0) is 6.54 Å². The van der Waals surface area contributed by atoms with Crippen molar-refractivity contribution in [1.82, 2.24) is 20.0 Å². The maximum Gasteiger partial charge on any atom is 0.0764 e. The third kappa shape index (κ3) is 2.51. The van der Waals surface area contributed by atoms with Crippen LogP contribution in [0.15, 0.2) is 12.3 Å². The van der Waals surface area contributed by atoms with Gasteiger partial charge in [0, 0.05) is 25.8 Å². The summed E-state index contributed by atoms with van der Waals surface area (Å²) in [7, 11) is 0. The van der Waals surface area contributed by atoms with E-state index in [0.717, 1.165) is 18.4 Å². The standard InChI is InChI=1S/C16H26N4/c1-2-4-16(5-3-1)20-7-6-15(18-20)12-19-10-13-8-17-9-14(13)11-19/h6-7,13-14,16-17H,1-5,8-12H2/t13-,14+. The first-order valence-electron chi connectivity index (χ1n) is 8.35. The van der Waals surface area contributed by atoms with E-state index in [2.05, 4.69) is 27.2 Å². The van der Waals surface area contributed by atoms with Crippen LogP contribution in [0.5, 0.6) is 0 Å². The van der Waals surface area contributed by atoms with Gasteiger partial charge in [0.2, 0.25) is 0 Å². The fourth-order valence-electron chi connectivity index (χ4n) is 4.32. The molecule has 0 bridgehead atoms. The van der Waals surface area contributed by atoms with Gasteiger partial charge in [-0.25, -0.2) is 0 Å². The van der Waals surface area contributed by atoms with Crippen molar-refractivity contribution < 1.29 is 0 Å². The van der Waals surface area contributed by atoms with Crippen LogP contribution in [0.25, 0.3) is 0 Å². The lowest BCUT2D eigenvalue weighted by molar-refractivity contribution is 0.293. The molecule has 1 N–H and O–H groups in total. The lowest BCUT2D eigenvalue weighted by Crippen LogP contribution is -2.25. The number of rotatable bonds is 3. The molecule has 4 rings (SSSR count). The zero-order valence-electron chi connectivity index (χ0n) is 12.3. The van der Waals surface area contributed by atoms with Crippen molar-refractivity contribution in [3.8, 4) is 0 Å². The molecule has 0 unspecified atom stereocenters. The number of fused-ring (bicyclic) bond motifs is 1. The molecular formula is C16H26N4. The highest BCUT2D eigenvalue weighted by Crippen LogP contribution is 2.29. The first-order valence-corrected chi connectivity index (χ1v) is 8.35. The summed E-state index contributed by atoms with van der Waals surface area (Å²) in [6.07, 6.45) is 9.02. The zero-order valence-corrected chi connectivity index (χ0v) is 12.3. The van der Waals surface area contributed by atoms with Crippen LogP contribution in [0.2, 0.25) is 0 Å². The summed E-state index contributed by atoms with van der Waals surface area (Å²) in [5.41, 5.74) is 1.27. The largest absolute Gasteiger partial charge is 0.316 e. The van der Waals surface area contributed by atoms with E-state index in [1.165, 1.54) is 64.0 Å². The maximum atomic E-state index is 4.85. The molecule has 0 spiro atoms. The molecule has 110 valence electrons. The van der Waals surface area contributed by atoms with Crippen LogP contribution in [0.4, 0.5) is 0 Å². The van der Waals surface area contributed by atoms with E-state index < -0.39 is 0 Å². The van der Waals surface area contributed by atoms with E-state index >= 15 is 0 Å². The number of nitrogens with zero attached hydrogens (tertiary/aromatic N) is 3. The molecule has 1 aromatic heterocycles. The van der Waals surface area contributed by atoms with E-state index in [0.29, 0.717) is 6.04 Å². The van der Waals surface area contributed by atoms with E-state index in [-0.39, 0.29) is 0 Å². The third-order valence-electron chi connectivity index (χ3n) is 5.46. The van der Waals surface area contributed by atoms with Crippen molar-refractivity contribution in [2.45, 2.75) is 44.7 Å². The normalized spacial score (nSPS) is 31.8. The summed E-state index contributed by atoms with van der Waals surface area (Å²) in [6, 6.07) is 2.90. The zero-order chi connectivity index (χ0) is 13.4. The molecule has 0 amide bonds. The number of hydrogen-bond donors (Lipinski definition) is 1. The van der Waals surface area contributed by atoms with E-state index in [1.54, 1.807) is 0 Å². The summed E-state index contributed by atoms with van der Waals surface area (Å²) in [6.45, 7) is 6.00. The van der Waals surface area contributed by atoms with Crippen LogP contribution >= 0.6 is 0 Å². The highest BCUT2D eigenvalue weighted by atomic mass is 15.3. The Morgan fingerprint density at radius 3 is 2.60 bits per heavy atom. The maximum absolute atomic E-state index is 4.85. The molecular weight excluding hydrogens is 248 g/mol. The topological polar surface area (TPSA) is 33.1 Å². The SMILES string of the molecule is c1cn(C2CCCCC2)nc1CN1C[C@H]2CNC[C@H]2C1. The third-order valence-corrected chi connectivity index (χ3v) is 5.46. The predicted molar refractivity (Wildman–Crippen MR) is 79.5 cm³/mol. The molecule has 4 nitrogen and oxygen atoms in total. The molecule has 1 aromatic rings. The Morgan fingerprint density at radius 1 is 1.10 bits per heavy atom. The van der Waals surface area contributed by atoms with Gasteiger partial charge in [0.15, 0.2) is 0 Å². The molecule has 4 heteroatoms. The number of hydrogen-bond acceptors (Lipinski definition) is 3. The molecule has 2 aliphatic heterocycles. The smallest absolute Gasteiger partial charge is 0.0764 e. The van der Waals surface area contributed by atoms with Gasteiger partial charge in [0.25, 0.3) is 0 Å². The number of aromatic nitrogens is 2. The van der Waals surface area contributed by atoms with Crippen molar-refractivity contribution in [2.24, 2.45) is 11.8 Å². The molecule has 3 aliphatic rings. The summed E-state index contributed by atoms with van der Waals surface area (Å²) in [5, 5.41) is 8.36. The first kappa shape index (κ1) is 12.8. The van der Waals surface area contributed by atoms with Gasteiger partial charge < -0.3 is 5.32 Å². The quantitative estimate of drug-likeness (QED) is 0.915. The number of likely N-dealkylation sites (tertiary alicyclic amines) is 1. The summed E-state index contributed by atoms with van der Waals surface area (Å²) in [5.74, 6) is 1.77. The van der Waals surface area contributed by atoms with Crippen LogP contribution in [0.3, 0.4) is 0 Å². The Bertz CT molecular complexity index is 437. The highest BCUT2D eigenvalue weighted by Gasteiger charge is 2.36. The van der Waals surface area contributed by atoms with E-state index in [1.807, 2.05) is 0 Å². The number of nitrogens with one attached hydrogen (secondary N) is 1. The molecule has 2 atom stereocenters. The second kappa shape index (κ2) is 5.49. The Hall–Kier alpha value is -0.870. The second-order valence-electron chi connectivity index (χ2n) is 6.95. The molecule has 1 aliphatic carbocycles. The lowest BCUT2D eigenvalue weighted by Gasteiger charge is -2.22. The molecule has 20 heavy (non-hydrogen) atoms. The Labute approximate surface area is 121 Å². The minimum absolute atomic E-state index is 0.666. The average molecular weight is 274 g/mol. The lowest BCUT2D eigenvalue weighted by atomic mass is 9.96. The first-order chi connectivity index (χ1) is 9.88. The van der Waals surface area contributed by atoms with Gasteiger partial charge in [0.05, 0.1) is 11.7 Å². The molecule has 3 fully saturated rings. The van der Waals surface area contributed by atoms with Crippen LogP contribution in [-0.4, -0.2) is 40.9 Å². The van der Waals surface area contributed by atoms with Crippen molar-refractivity contribution in [1.29, 1.82) is 0 Å².